The number of pyridine rings is 1. The fraction of sp³-hybridized carbons (Fsp3) is 0.214. The van der Waals surface area contributed by atoms with Gasteiger partial charge in [-0.1, -0.05) is 13.0 Å². The van der Waals surface area contributed by atoms with Crippen LogP contribution in [0.4, 0.5) is 0 Å². The maximum absolute atomic E-state index is 4.67. The van der Waals surface area contributed by atoms with Gasteiger partial charge in [-0.15, -0.1) is 11.3 Å². The second-order valence-electron chi connectivity index (χ2n) is 4.09. The zero-order valence-electron chi connectivity index (χ0n) is 10.1. The molecule has 0 saturated heterocycles. The van der Waals surface area contributed by atoms with Crippen molar-refractivity contribution in [2.75, 3.05) is 0 Å². The first-order valence-electron chi connectivity index (χ1n) is 6.04. The van der Waals surface area contributed by atoms with Crippen molar-refractivity contribution in [2.24, 2.45) is 0 Å². The molecular formula is C14H13N3S. The summed E-state index contributed by atoms with van der Waals surface area (Å²) < 4.78 is 1.12. The van der Waals surface area contributed by atoms with Gasteiger partial charge in [-0.05, 0) is 30.0 Å². The minimum Gasteiger partial charge on any atom is -0.255 e. The number of hydrogen-bond donors (Lipinski definition) is 0. The van der Waals surface area contributed by atoms with Gasteiger partial charge in [0.1, 0.15) is 11.5 Å². The Bertz CT molecular complexity index is 661. The summed E-state index contributed by atoms with van der Waals surface area (Å²) in [5.41, 5.74) is 2.91. The molecule has 0 aromatic carbocycles. The highest BCUT2D eigenvalue weighted by atomic mass is 32.1. The lowest BCUT2D eigenvalue weighted by Gasteiger charge is -2.04. The van der Waals surface area contributed by atoms with E-state index in [0.29, 0.717) is 0 Å². The van der Waals surface area contributed by atoms with Gasteiger partial charge in [0.2, 0.25) is 0 Å². The van der Waals surface area contributed by atoms with Crippen LogP contribution in [0.3, 0.4) is 0 Å². The summed E-state index contributed by atoms with van der Waals surface area (Å²) in [6.45, 7) is 2.14. The van der Waals surface area contributed by atoms with Crippen LogP contribution in [0.1, 0.15) is 19.2 Å². The van der Waals surface area contributed by atoms with E-state index in [1.54, 1.807) is 17.5 Å². The maximum atomic E-state index is 4.67. The van der Waals surface area contributed by atoms with Gasteiger partial charge in [-0.3, -0.25) is 4.98 Å². The molecule has 0 saturated carbocycles. The minimum absolute atomic E-state index is 0.907. The van der Waals surface area contributed by atoms with E-state index >= 15 is 0 Å². The molecule has 0 atom stereocenters. The number of aromatic nitrogens is 3. The molecule has 3 rings (SSSR count). The van der Waals surface area contributed by atoms with Gasteiger partial charge in [0, 0.05) is 12.6 Å². The van der Waals surface area contributed by atoms with E-state index in [-0.39, 0.29) is 0 Å². The molecule has 0 unspecified atom stereocenters. The average molecular weight is 255 g/mol. The van der Waals surface area contributed by atoms with E-state index < -0.39 is 0 Å². The normalized spacial score (nSPS) is 10.9. The Morgan fingerprint density at radius 2 is 2.11 bits per heavy atom. The molecule has 0 spiro atoms. The molecule has 0 aliphatic rings. The fourth-order valence-electron chi connectivity index (χ4n) is 1.92. The number of hydrogen-bond acceptors (Lipinski definition) is 4. The molecule has 4 heteroatoms. The van der Waals surface area contributed by atoms with Crippen LogP contribution in [0.25, 0.3) is 21.6 Å². The molecule has 3 heterocycles. The second-order valence-corrected chi connectivity index (χ2v) is 5.00. The number of fused-ring (bicyclic) bond motifs is 1. The third-order valence-electron chi connectivity index (χ3n) is 2.73. The van der Waals surface area contributed by atoms with E-state index in [4.69, 9.17) is 0 Å². The largest absolute Gasteiger partial charge is 0.255 e. The molecule has 0 amide bonds. The first kappa shape index (κ1) is 11.3. The van der Waals surface area contributed by atoms with E-state index in [1.165, 1.54) is 0 Å². The topological polar surface area (TPSA) is 38.7 Å². The van der Waals surface area contributed by atoms with Gasteiger partial charge < -0.3 is 0 Å². The molecule has 3 nitrogen and oxygen atoms in total. The van der Waals surface area contributed by atoms with Crippen molar-refractivity contribution in [3.05, 3.63) is 41.7 Å². The Labute approximate surface area is 110 Å². The van der Waals surface area contributed by atoms with Crippen LogP contribution in [0, 0.1) is 0 Å². The lowest BCUT2D eigenvalue weighted by atomic mass is 10.2. The van der Waals surface area contributed by atoms with E-state index in [2.05, 4.69) is 27.3 Å². The molecule has 3 aromatic heterocycles. The molecule has 0 aliphatic carbocycles. The molecule has 0 aliphatic heterocycles. The molecule has 0 N–H and O–H groups in total. The molecule has 3 aromatic rings. The SMILES string of the molecule is CCCc1nc(-c2ccccn2)c2sccc2n1. The van der Waals surface area contributed by atoms with E-state index in [1.807, 2.05) is 24.3 Å². The summed E-state index contributed by atoms with van der Waals surface area (Å²) in [4.78, 5) is 13.6. The van der Waals surface area contributed by atoms with Crippen molar-refractivity contribution in [3.63, 3.8) is 0 Å². The molecule has 0 bridgehead atoms. The van der Waals surface area contributed by atoms with Crippen LogP contribution in [-0.2, 0) is 6.42 Å². The van der Waals surface area contributed by atoms with Crippen LogP contribution in [0.2, 0.25) is 0 Å². The average Bonchev–Trinajstić information content (AvgIpc) is 2.87. The summed E-state index contributed by atoms with van der Waals surface area (Å²) in [5.74, 6) is 0.907. The zero-order chi connectivity index (χ0) is 12.4. The van der Waals surface area contributed by atoms with Gasteiger partial charge in [0.05, 0.1) is 15.9 Å². The quantitative estimate of drug-likeness (QED) is 0.716. The molecule has 0 radical (unpaired) electrons. The minimum atomic E-state index is 0.907. The van der Waals surface area contributed by atoms with E-state index in [0.717, 1.165) is 40.3 Å². The first-order chi connectivity index (χ1) is 8.88. The zero-order valence-corrected chi connectivity index (χ0v) is 10.9. The smallest absolute Gasteiger partial charge is 0.129 e. The van der Waals surface area contributed by atoms with Crippen molar-refractivity contribution in [3.8, 4) is 11.4 Å². The Hall–Kier alpha value is -1.81. The first-order valence-corrected chi connectivity index (χ1v) is 6.92. The highest BCUT2D eigenvalue weighted by Crippen LogP contribution is 2.29. The third-order valence-corrected chi connectivity index (χ3v) is 3.64. The van der Waals surface area contributed by atoms with Crippen LogP contribution in [0.5, 0.6) is 0 Å². The summed E-state index contributed by atoms with van der Waals surface area (Å²) >= 11 is 1.67. The van der Waals surface area contributed by atoms with E-state index in [9.17, 15) is 0 Å². The van der Waals surface area contributed by atoms with Gasteiger partial charge >= 0.3 is 0 Å². The number of nitrogens with zero attached hydrogens (tertiary/aromatic N) is 3. The summed E-state index contributed by atoms with van der Waals surface area (Å²) in [6.07, 6.45) is 3.76. The summed E-state index contributed by atoms with van der Waals surface area (Å²) in [7, 11) is 0. The molecule has 90 valence electrons. The molecular weight excluding hydrogens is 242 g/mol. The predicted octanol–water partition coefficient (Wildman–Crippen LogP) is 3.71. The monoisotopic (exact) mass is 255 g/mol. The predicted molar refractivity (Wildman–Crippen MR) is 74.6 cm³/mol. The van der Waals surface area contributed by atoms with Crippen LogP contribution >= 0.6 is 11.3 Å². The third kappa shape index (κ3) is 1.99. The molecule has 18 heavy (non-hydrogen) atoms. The highest BCUT2D eigenvalue weighted by molar-refractivity contribution is 7.17. The Kier molecular flexibility index (Phi) is 3.02. The standard InChI is InChI=1S/C14H13N3S/c1-2-5-12-16-11-7-9-18-14(11)13(17-12)10-6-3-4-8-15-10/h3-4,6-9H,2,5H2,1H3. The summed E-state index contributed by atoms with van der Waals surface area (Å²) in [6, 6.07) is 7.96. The van der Waals surface area contributed by atoms with Crippen LogP contribution < -0.4 is 0 Å². The number of aryl methyl sites for hydroxylation is 1. The van der Waals surface area contributed by atoms with Crippen LogP contribution in [0.15, 0.2) is 35.8 Å². The van der Waals surface area contributed by atoms with Gasteiger partial charge in [0.15, 0.2) is 0 Å². The lowest BCUT2D eigenvalue weighted by Crippen LogP contribution is -1.97. The van der Waals surface area contributed by atoms with Gasteiger partial charge in [0.25, 0.3) is 0 Å². The Morgan fingerprint density at radius 1 is 1.17 bits per heavy atom. The van der Waals surface area contributed by atoms with Crippen molar-refractivity contribution in [1.82, 2.24) is 15.0 Å². The van der Waals surface area contributed by atoms with Crippen molar-refractivity contribution in [1.29, 1.82) is 0 Å². The Balaban J connectivity index is 2.23. The fourth-order valence-corrected chi connectivity index (χ4v) is 2.75. The number of rotatable bonds is 3. The highest BCUT2D eigenvalue weighted by Gasteiger charge is 2.11. The van der Waals surface area contributed by atoms with Gasteiger partial charge in [-0.25, -0.2) is 9.97 Å². The summed E-state index contributed by atoms with van der Waals surface area (Å²) in [5, 5.41) is 2.06. The van der Waals surface area contributed by atoms with Crippen LogP contribution in [-0.4, -0.2) is 15.0 Å². The van der Waals surface area contributed by atoms with Gasteiger partial charge in [-0.2, -0.15) is 0 Å². The van der Waals surface area contributed by atoms with Crippen molar-refractivity contribution >= 4 is 21.6 Å². The maximum Gasteiger partial charge on any atom is 0.129 e. The second kappa shape index (κ2) is 4.82. The van der Waals surface area contributed by atoms with Crippen molar-refractivity contribution < 1.29 is 0 Å². The van der Waals surface area contributed by atoms with Crippen molar-refractivity contribution in [2.45, 2.75) is 19.8 Å². The Morgan fingerprint density at radius 3 is 2.89 bits per heavy atom. The lowest BCUT2D eigenvalue weighted by molar-refractivity contribution is 0.846. The number of thiophene rings is 1. The molecule has 0 fully saturated rings.